The van der Waals surface area contributed by atoms with Crippen LogP contribution in [0.2, 0.25) is 0 Å². The summed E-state index contributed by atoms with van der Waals surface area (Å²) in [7, 11) is 0. The molecule has 0 saturated heterocycles. The zero-order valence-electron chi connectivity index (χ0n) is 15.9. The molecule has 9 heteroatoms. The van der Waals surface area contributed by atoms with Crippen molar-refractivity contribution >= 4 is 18.2 Å². The zero-order chi connectivity index (χ0) is 21.1. The van der Waals surface area contributed by atoms with Crippen molar-refractivity contribution in [3.63, 3.8) is 0 Å². The number of halogens is 3. The number of hydrogen-bond donors (Lipinski definition) is 0. The molecule has 2 aromatic rings. The van der Waals surface area contributed by atoms with Crippen molar-refractivity contribution in [1.82, 2.24) is 9.97 Å². The number of hydrogen-bond acceptors (Lipinski definition) is 5. The predicted molar refractivity (Wildman–Crippen MR) is 96.0 cm³/mol. The van der Waals surface area contributed by atoms with Crippen LogP contribution in [0.15, 0.2) is 30.7 Å². The highest BCUT2D eigenvalue weighted by atomic mass is 19.4. The second-order valence-corrected chi connectivity index (χ2v) is 7.12. The molecule has 0 aliphatic rings. The molecule has 2 heterocycles. The molecule has 0 saturated carbocycles. The van der Waals surface area contributed by atoms with E-state index in [1.165, 1.54) is 12.3 Å². The SMILES string of the molecule is Cc1cc(C=O)cnc1N(Cc1cnccc1C(F)(F)F)C(=O)OC(C)(C)C. The van der Waals surface area contributed by atoms with Crippen molar-refractivity contribution in [3.8, 4) is 0 Å². The van der Waals surface area contributed by atoms with E-state index in [0.717, 1.165) is 23.4 Å². The molecule has 0 aromatic carbocycles. The van der Waals surface area contributed by atoms with Crippen molar-refractivity contribution in [3.05, 3.63) is 53.0 Å². The third kappa shape index (κ3) is 5.28. The molecule has 0 aliphatic carbocycles. The fourth-order valence-corrected chi connectivity index (χ4v) is 2.48. The van der Waals surface area contributed by atoms with Gasteiger partial charge in [-0.2, -0.15) is 13.2 Å². The monoisotopic (exact) mass is 395 g/mol. The number of nitrogens with zero attached hydrogens (tertiary/aromatic N) is 3. The topological polar surface area (TPSA) is 72.4 Å². The summed E-state index contributed by atoms with van der Waals surface area (Å²) in [6, 6.07) is 2.33. The first-order chi connectivity index (χ1) is 12.9. The van der Waals surface area contributed by atoms with E-state index < -0.39 is 30.0 Å². The van der Waals surface area contributed by atoms with Crippen LogP contribution in [-0.4, -0.2) is 27.9 Å². The lowest BCUT2D eigenvalue weighted by Crippen LogP contribution is -2.38. The Morgan fingerprint density at radius 3 is 2.46 bits per heavy atom. The molecular formula is C19H20F3N3O3. The molecule has 2 rings (SSSR count). The molecule has 0 bridgehead atoms. The number of aromatic nitrogens is 2. The van der Waals surface area contributed by atoms with Crippen LogP contribution >= 0.6 is 0 Å². The highest BCUT2D eigenvalue weighted by Crippen LogP contribution is 2.33. The fraction of sp³-hybridized carbons (Fsp3) is 0.368. The number of amides is 1. The first-order valence-electron chi connectivity index (χ1n) is 8.35. The van der Waals surface area contributed by atoms with Gasteiger partial charge in [0.25, 0.3) is 0 Å². The van der Waals surface area contributed by atoms with Gasteiger partial charge in [0, 0.05) is 29.7 Å². The van der Waals surface area contributed by atoms with Gasteiger partial charge in [0.2, 0.25) is 0 Å². The van der Waals surface area contributed by atoms with Gasteiger partial charge in [-0.15, -0.1) is 0 Å². The van der Waals surface area contributed by atoms with Crippen LogP contribution in [0.5, 0.6) is 0 Å². The van der Waals surface area contributed by atoms with Crippen molar-refractivity contribution in [2.45, 2.75) is 46.0 Å². The first-order valence-corrected chi connectivity index (χ1v) is 8.35. The van der Waals surface area contributed by atoms with Gasteiger partial charge in [-0.1, -0.05) is 0 Å². The van der Waals surface area contributed by atoms with Crippen molar-refractivity contribution in [2.75, 3.05) is 4.90 Å². The molecule has 0 atom stereocenters. The summed E-state index contributed by atoms with van der Waals surface area (Å²) in [6.07, 6.45) is -1.56. The van der Waals surface area contributed by atoms with E-state index >= 15 is 0 Å². The standard InChI is InChI=1S/C19H20F3N3O3/c1-12-7-13(11-26)8-24-16(12)25(17(27)28-18(2,3)4)10-14-9-23-6-5-15(14)19(20,21)22/h5-9,11H,10H2,1-4H3. The number of anilines is 1. The molecule has 0 fully saturated rings. The van der Waals surface area contributed by atoms with Gasteiger partial charge in [-0.3, -0.25) is 14.7 Å². The number of aryl methyl sites for hydroxylation is 1. The van der Waals surface area contributed by atoms with Crippen molar-refractivity contribution < 1.29 is 27.5 Å². The third-order valence-electron chi connectivity index (χ3n) is 3.61. The summed E-state index contributed by atoms with van der Waals surface area (Å²) in [5.74, 6) is 0.0943. The molecule has 1 amide bonds. The summed E-state index contributed by atoms with van der Waals surface area (Å²) in [5.41, 5.74) is -1.26. The van der Waals surface area contributed by atoms with E-state index in [4.69, 9.17) is 4.74 Å². The lowest BCUT2D eigenvalue weighted by atomic mass is 10.1. The number of ether oxygens (including phenoxy) is 1. The number of carbonyl (C=O) groups is 2. The maximum Gasteiger partial charge on any atom is 0.416 e. The quantitative estimate of drug-likeness (QED) is 0.710. The lowest BCUT2D eigenvalue weighted by molar-refractivity contribution is -0.138. The van der Waals surface area contributed by atoms with Gasteiger partial charge >= 0.3 is 12.3 Å². The van der Waals surface area contributed by atoms with Gasteiger partial charge in [-0.25, -0.2) is 9.78 Å². The Labute approximate surface area is 160 Å². The number of aldehydes is 1. The Hall–Kier alpha value is -2.97. The van der Waals surface area contributed by atoms with E-state index in [-0.39, 0.29) is 16.9 Å². The summed E-state index contributed by atoms with van der Waals surface area (Å²) in [6.45, 7) is 6.07. The highest BCUT2D eigenvalue weighted by Gasteiger charge is 2.35. The smallest absolute Gasteiger partial charge is 0.416 e. The van der Waals surface area contributed by atoms with Gasteiger partial charge in [0.15, 0.2) is 6.29 Å². The molecule has 2 aromatic heterocycles. The Bertz CT molecular complexity index is 877. The van der Waals surface area contributed by atoms with Crippen LogP contribution in [0.3, 0.4) is 0 Å². The summed E-state index contributed by atoms with van der Waals surface area (Å²) < 4.78 is 45.3. The first kappa shape index (κ1) is 21.3. The predicted octanol–water partition coefficient (Wildman–Crippen LogP) is 4.56. The molecule has 6 nitrogen and oxygen atoms in total. The van der Waals surface area contributed by atoms with Crippen LogP contribution in [-0.2, 0) is 17.5 Å². The molecular weight excluding hydrogens is 375 g/mol. The van der Waals surface area contributed by atoms with Crippen LogP contribution in [0, 0.1) is 6.92 Å². The molecule has 0 unspecified atom stereocenters. The molecule has 0 radical (unpaired) electrons. The van der Waals surface area contributed by atoms with E-state index in [9.17, 15) is 22.8 Å². The molecule has 28 heavy (non-hydrogen) atoms. The van der Waals surface area contributed by atoms with Crippen LogP contribution in [0.25, 0.3) is 0 Å². The van der Waals surface area contributed by atoms with Crippen molar-refractivity contribution in [2.24, 2.45) is 0 Å². The van der Waals surface area contributed by atoms with Crippen LogP contribution < -0.4 is 4.90 Å². The highest BCUT2D eigenvalue weighted by molar-refractivity contribution is 5.88. The number of rotatable bonds is 4. The van der Waals surface area contributed by atoms with Gasteiger partial charge in [-0.05, 0) is 45.4 Å². The Morgan fingerprint density at radius 1 is 1.25 bits per heavy atom. The summed E-state index contributed by atoms with van der Waals surface area (Å²) >= 11 is 0. The number of pyridine rings is 2. The van der Waals surface area contributed by atoms with E-state index in [1.54, 1.807) is 27.7 Å². The van der Waals surface area contributed by atoms with Gasteiger partial charge in [0.1, 0.15) is 11.4 Å². The van der Waals surface area contributed by atoms with Crippen LogP contribution in [0.4, 0.5) is 23.8 Å². The van der Waals surface area contributed by atoms with E-state index in [1.807, 2.05) is 0 Å². The number of carbonyl (C=O) groups excluding carboxylic acids is 2. The second-order valence-electron chi connectivity index (χ2n) is 7.12. The summed E-state index contributed by atoms with van der Waals surface area (Å²) in [5, 5.41) is 0. The molecule has 0 aliphatic heterocycles. The van der Waals surface area contributed by atoms with Crippen molar-refractivity contribution in [1.29, 1.82) is 0 Å². The second kappa shape index (κ2) is 7.95. The average molecular weight is 395 g/mol. The van der Waals surface area contributed by atoms with Gasteiger partial charge in [0.05, 0.1) is 12.1 Å². The Morgan fingerprint density at radius 2 is 1.93 bits per heavy atom. The Kier molecular flexibility index (Phi) is 6.06. The molecule has 0 N–H and O–H groups in total. The normalized spacial score (nSPS) is 11.8. The summed E-state index contributed by atoms with van der Waals surface area (Å²) in [4.78, 5) is 32.5. The minimum Gasteiger partial charge on any atom is -0.443 e. The third-order valence-corrected chi connectivity index (χ3v) is 3.61. The molecule has 0 spiro atoms. The maximum absolute atomic E-state index is 13.3. The van der Waals surface area contributed by atoms with Crippen LogP contribution in [0.1, 0.15) is 47.8 Å². The maximum atomic E-state index is 13.3. The largest absolute Gasteiger partial charge is 0.443 e. The lowest BCUT2D eigenvalue weighted by Gasteiger charge is -2.28. The average Bonchev–Trinajstić information content (AvgIpc) is 2.58. The fourth-order valence-electron chi connectivity index (χ4n) is 2.48. The molecule has 150 valence electrons. The zero-order valence-corrected chi connectivity index (χ0v) is 15.9. The minimum atomic E-state index is -4.61. The Balaban J connectivity index is 2.52. The van der Waals surface area contributed by atoms with E-state index in [2.05, 4.69) is 9.97 Å². The number of alkyl halides is 3. The van der Waals surface area contributed by atoms with Gasteiger partial charge < -0.3 is 4.74 Å². The minimum absolute atomic E-state index is 0.0943. The van der Waals surface area contributed by atoms with E-state index in [0.29, 0.717) is 11.8 Å².